The summed E-state index contributed by atoms with van der Waals surface area (Å²) < 4.78 is 5.27. The van der Waals surface area contributed by atoms with Crippen molar-refractivity contribution in [3.8, 4) is 5.75 Å². The van der Waals surface area contributed by atoms with Crippen molar-refractivity contribution >= 4 is 5.91 Å². The summed E-state index contributed by atoms with van der Waals surface area (Å²) in [6.07, 6.45) is 0.622. The maximum absolute atomic E-state index is 12.1. The number of methoxy groups -OCH3 is 1. The van der Waals surface area contributed by atoms with Crippen molar-refractivity contribution in [1.82, 2.24) is 9.80 Å². The van der Waals surface area contributed by atoms with E-state index in [1.165, 1.54) is 5.56 Å². The minimum Gasteiger partial charge on any atom is -0.497 e. The van der Waals surface area contributed by atoms with Crippen LogP contribution in [0, 0.1) is 5.92 Å². The molecular weight excluding hydrogens is 264 g/mol. The van der Waals surface area contributed by atoms with Gasteiger partial charge in [-0.2, -0.15) is 0 Å². The van der Waals surface area contributed by atoms with Crippen LogP contribution in [0.1, 0.15) is 25.8 Å². The average Bonchev–Trinajstić information content (AvgIpc) is 2.63. The van der Waals surface area contributed by atoms with Crippen molar-refractivity contribution in [2.75, 3.05) is 33.3 Å². The van der Waals surface area contributed by atoms with Crippen LogP contribution in [0.25, 0.3) is 0 Å². The minimum atomic E-state index is 0.289. The first kappa shape index (κ1) is 15.8. The number of amides is 1. The first-order chi connectivity index (χ1) is 10.1. The SMILES string of the molecule is COc1cccc(CN2CCC(=O)N(CC(C)C)CC2)c1. The number of carbonyl (C=O) groups is 1. The lowest BCUT2D eigenvalue weighted by atomic mass is 10.2. The number of hydrogen-bond acceptors (Lipinski definition) is 3. The van der Waals surface area contributed by atoms with E-state index in [0.717, 1.165) is 38.5 Å². The fourth-order valence-corrected chi connectivity index (χ4v) is 2.73. The Morgan fingerprint density at radius 3 is 2.76 bits per heavy atom. The van der Waals surface area contributed by atoms with Crippen LogP contribution in [-0.2, 0) is 11.3 Å². The number of nitrogens with zero attached hydrogens (tertiary/aromatic N) is 2. The van der Waals surface area contributed by atoms with Gasteiger partial charge in [0, 0.05) is 39.1 Å². The van der Waals surface area contributed by atoms with Gasteiger partial charge in [-0.25, -0.2) is 0 Å². The Bertz CT molecular complexity index is 474. The van der Waals surface area contributed by atoms with Gasteiger partial charge in [-0.1, -0.05) is 26.0 Å². The van der Waals surface area contributed by atoms with Gasteiger partial charge in [0.15, 0.2) is 0 Å². The Morgan fingerprint density at radius 1 is 1.24 bits per heavy atom. The molecule has 0 bridgehead atoms. The quantitative estimate of drug-likeness (QED) is 0.835. The van der Waals surface area contributed by atoms with E-state index >= 15 is 0 Å². The molecule has 0 saturated carbocycles. The topological polar surface area (TPSA) is 32.8 Å². The highest BCUT2D eigenvalue weighted by Crippen LogP contribution is 2.16. The lowest BCUT2D eigenvalue weighted by Crippen LogP contribution is -2.35. The first-order valence-electron chi connectivity index (χ1n) is 7.71. The van der Waals surface area contributed by atoms with Crippen LogP contribution in [0.2, 0.25) is 0 Å². The van der Waals surface area contributed by atoms with Gasteiger partial charge in [-0.3, -0.25) is 9.69 Å². The maximum atomic E-state index is 12.1. The number of hydrogen-bond donors (Lipinski definition) is 0. The van der Waals surface area contributed by atoms with E-state index in [-0.39, 0.29) is 5.91 Å². The van der Waals surface area contributed by atoms with Crippen LogP contribution in [0.5, 0.6) is 5.75 Å². The standard InChI is InChI=1S/C17H26N2O2/c1-14(2)12-19-10-9-18(8-7-17(19)20)13-15-5-4-6-16(11-15)21-3/h4-6,11,14H,7-10,12-13H2,1-3H3. The van der Waals surface area contributed by atoms with Crippen LogP contribution < -0.4 is 4.74 Å². The van der Waals surface area contributed by atoms with Crippen LogP contribution in [-0.4, -0.2) is 49.0 Å². The van der Waals surface area contributed by atoms with Crippen LogP contribution in [0.4, 0.5) is 0 Å². The van der Waals surface area contributed by atoms with Gasteiger partial charge in [0.05, 0.1) is 7.11 Å². The zero-order chi connectivity index (χ0) is 15.2. The predicted octanol–water partition coefficient (Wildman–Crippen LogP) is 2.39. The molecule has 1 fully saturated rings. The monoisotopic (exact) mass is 290 g/mol. The molecule has 4 heteroatoms. The highest BCUT2D eigenvalue weighted by molar-refractivity contribution is 5.76. The van der Waals surface area contributed by atoms with Gasteiger partial charge in [-0.05, 0) is 23.6 Å². The molecule has 1 aromatic carbocycles. The molecule has 1 aromatic rings. The number of rotatable bonds is 5. The summed E-state index contributed by atoms with van der Waals surface area (Å²) in [5.74, 6) is 1.70. The fourth-order valence-electron chi connectivity index (χ4n) is 2.73. The number of benzene rings is 1. The zero-order valence-corrected chi connectivity index (χ0v) is 13.3. The highest BCUT2D eigenvalue weighted by Gasteiger charge is 2.21. The van der Waals surface area contributed by atoms with Crippen LogP contribution in [0.3, 0.4) is 0 Å². The first-order valence-corrected chi connectivity index (χ1v) is 7.71. The Morgan fingerprint density at radius 2 is 2.05 bits per heavy atom. The van der Waals surface area contributed by atoms with Gasteiger partial charge >= 0.3 is 0 Å². The third-order valence-corrected chi connectivity index (χ3v) is 3.81. The summed E-state index contributed by atoms with van der Waals surface area (Å²) >= 11 is 0. The number of ether oxygens (including phenoxy) is 1. The average molecular weight is 290 g/mol. The van der Waals surface area contributed by atoms with Crippen molar-refractivity contribution in [2.24, 2.45) is 5.92 Å². The fraction of sp³-hybridized carbons (Fsp3) is 0.588. The second kappa shape index (κ2) is 7.46. The molecule has 1 saturated heterocycles. The molecule has 0 unspecified atom stereocenters. The molecule has 0 radical (unpaired) electrons. The highest BCUT2D eigenvalue weighted by atomic mass is 16.5. The molecule has 1 aliphatic rings. The molecule has 0 atom stereocenters. The molecule has 1 amide bonds. The Hall–Kier alpha value is -1.55. The van der Waals surface area contributed by atoms with E-state index in [4.69, 9.17) is 4.74 Å². The van der Waals surface area contributed by atoms with E-state index in [9.17, 15) is 4.79 Å². The summed E-state index contributed by atoms with van der Waals surface area (Å²) in [5, 5.41) is 0. The molecule has 0 aromatic heterocycles. The molecule has 0 spiro atoms. The van der Waals surface area contributed by atoms with E-state index in [0.29, 0.717) is 12.3 Å². The summed E-state index contributed by atoms with van der Waals surface area (Å²) in [6, 6.07) is 8.15. The lowest BCUT2D eigenvalue weighted by Gasteiger charge is -2.23. The predicted molar refractivity (Wildman–Crippen MR) is 84.3 cm³/mol. The van der Waals surface area contributed by atoms with Gasteiger partial charge < -0.3 is 9.64 Å². The van der Waals surface area contributed by atoms with Gasteiger partial charge in [0.25, 0.3) is 0 Å². The molecule has 2 rings (SSSR count). The van der Waals surface area contributed by atoms with Crippen molar-refractivity contribution in [2.45, 2.75) is 26.8 Å². The summed E-state index contributed by atoms with van der Waals surface area (Å²) in [4.78, 5) is 16.5. The minimum absolute atomic E-state index is 0.289. The number of carbonyl (C=O) groups excluding carboxylic acids is 1. The Labute approximate surface area is 127 Å². The second-order valence-corrected chi connectivity index (χ2v) is 6.11. The van der Waals surface area contributed by atoms with Gasteiger partial charge in [0.2, 0.25) is 5.91 Å². The molecule has 1 aliphatic heterocycles. The van der Waals surface area contributed by atoms with E-state index in [1.807, 2.05) is 17.0 Å². The van der Waals surface area contributed by atoms with Crippen molar-refractivity contribution in [1.29, 1.82) is 0 Å². The zero-order valence-electron chi connectivity index (χ0n) is 13.3. The van der Waals surface area contributed by atoms with Crippen molar-refractivity contribution in [3.63, 3.8) is 0 Å². The molecule has 0 N–H and O–H groups in total. The Balaban J connectivity index is 1.94. The van der Waals surface area contributed by atoms with Crippen LogP contribution >= 0.6 is 0 Å². The van der Waals surface area contributed by atoms with Gasteiger partial charge in [-0.15, -0.1) is 0 Å². The molecule has 1 heterocycles. The Kier molecular flexibility index (Phi) is 5.62. The largest absolute Gasteiger partial charge is 0.497 e. The smallest absolute Gasteiger partial charge is 0.223 e. The summed E-state index contributed by atoms with van der Waals surface area (Å²) in [7, 11) is 1.69. The maximum Gasteiger partial charge on any atom is 0.223 e. The molecular formula is C17H26N2O2. The van der Waals surface area contributed by atoms with Crippen LogP contribution in [0.15, 0.2) is 24.3 Å². The molecule has 4 nitrogen and oxygen atoms in total. The third-order valence-electron chi connectivity index (χ3n) is 3.81. The van der Waals surface area contributed by atoms with E-state index in [2.05, 4.69) is 30.9 Å². The van der Waals surface area contributed by atoms with E-state index < -0.39 is 0 Å². The van der Waals surface area contributed by atoms with Crippen molar-refractivity contribution in [3.05, 3.63) is 29.8 Å². The lowest BCUT2D eigenvalue weighted by molar-refractivity contribution is -0.130. The van der Waals surface area contributed by atoms with Crippen molar-refractivity contribution < 1.29 is 9.53 Å². The normalized spacial score (nSPS) is 17.1. The molecule has 0 aliphatic carbocycles. The molecule has 21 heavy (non-hydrogen) atoms. The third kappa shape index (κ3) is 4.74. The summed E-state index contributed by atoms with van der Waals surface area (Å²) in [5.41, 5.74) is 1.24. The van der Waals surface area contributed by atoms with E-state index in [1.54, 1.807) is 7.11 Å². The second-order valence-electron chi connectivity index (χ2n) is 6.11. The molecule has 116 valence electrons. The summed E-state index contributed by atoms with van der Waals surface area (Å²) in [6.45, 7) is 8.67. The van der Waals surface area contributed by atoms with Gasteiger partial charge in [0.1, 0.15) is 5.75 Å².